The third-order valence-corrected chi connectivity index (χ3v) is 3.51. The van der Waals surface area contributed by atoms with Gasteiger partial charge >= 0.3 is 0 Å². The van der Waals surface area contributed by atoms with Crippen molar-refractivity contribution >= 4 is 5.91 Å². The highest BCUT2D eigenvalue weighted by Crippen LogP contribution is 2.24. The molecular weight excluding hydrogens is 228 g/mol. The van der Waals surface area contributed by atoms with E-state index in [1.54, 1.807) is 0 Å². The minimum atomic E-state index is -0.242. The summed E-state index contributed by atoms with van der Waals surface area (Å²) in [5.74, 6) is 0.00143. The molecule has 0 aliphatic heterocycles. The molecule has 0 bridgehead atoms. The lowest BCUT2D eigenvalue weighted by molar-refractivity contribution is -0.124. The average molecular weight is 258 g/mol. The molecule has 0 rings (SSSR count). The molecule has 0 heterocycles. The van der Waals surface area contributed by atoms with Crippen LogP contribution in [0.15, 0.2) is 0 Å². The largest absolute Gasteiger partial charge is 0.396 e. The fourth-order valence-corrected chi connectivity index (χ4v) is 1.72. The normalized spacial score (nSPS) is 14.4. The molecule has 0 aliphatic carbocycles. The van der Waals surface area contributed by atoms with Crippen LogP contribution in [0.25, 0.3) is 0 Å². The van der Waals surface area contributed by atoms with E-state index in [0.717, 1.165) is 12.8 Å². The van der Waals surface area contributed by atoms with Gasteiger partial charge in [-0.15, -0.1) is 0 Å². The summed E-state index contributed by atoms with van der Waals surface area (Å²) in [6.07, 6.45) is 1.81. The minimum Gasteiger partial charge on any atom is -0.396 e. The standard InChI is InChI=1S/C14H30N2O2/c1-7-14(8-2,10-17)9-15-11(3)12(18)16-13(4,5)6/h11,15,17H,7-10H2,1-6H3,(H,16,18). The van der Waals surface area contributed by atoms with Crippen molar-refractivity contribution in [2.24, 2.45) is 5.41 Å². The van der Waals surface area contributed by atoms with Crippen LogP contribution >= 0.6 is 0 Å². The highest BCUT2D eigenvalue weighted by Gasteiger charge is 2.27. The van der Waals surface area contributed by atoms with Gasteiger partial charge in [0.05, 0.1) is 6.04 Å². The molecule has 4 heteroatoms. The molecule has 0 aromatic rings. The fourth-order valence-electron chi connectivity index (χ4n) is 1.72. The number of hydrogen-bond acceptors (Lipinski definition) is 3. The predicted molar refractivity (Wildman–Crippen MR) is 75.5 cm³/mol. The SMILES string of the molecule is CCC(CC)(CO)CNC(C)C(=O)NC(C)(C)C. The molecule has 0 aromatic carbocycles. The van der Waals surface area contributed by atoms with Gasteiger partial charge in [0, 0.05) is 24.1 Å². The third-order valence-electron chi connectivity index (χ3n) is 3.51. The van der Waals surface area contributed by atoms with Gasteiger partial charge in [0.2, 0.25) is 5.91 Å². The Hall–Kier alpha value is -0.610. The van der Waals surface area contributed by atoms with Gasteiger partial charge in [-0.3, -0.25) is 4.79 Å². The highest BCUT2D eigenvalue weighted by molar-refractivity contribution is 5.81. The van der Waals surface area contributed by atoms with E-state index in [0.29, 0.717) is 6.54 Å². The van der Waals surface area contributed by atoms with Crippen LogP contribution in [0.2, 0.25) is 0 Å². The van der Waals surface area contributed by atoms with Crippen LogP contribution in [0.4, 0.5) is 0 Å². The molecule has 4 nitrogen and oxygen atoms in total. The molecule has 0 spiro atoms. The Morgan fingerprint density at radius 2 is 1.72 bits per heavy atom. The van der Waals surface area contributed by atoms with E-state index in [2.05, 4.69) is 24.5 Å². The van der Waals surface area contributed by atoms with Crippen LogP contribution in [-0.4, -0.2) is 35.7 Å². The zero-order valence-corrected chi connectivity index (χ0v) is 12.8. The van der Waals surface area contributed by atoms with E-state index in [4.69, 9.17) is 0 Å². The second kappa shape index (κ2) is 7.10. The van der Waals surface area contributed by atoms with Gasteiger partial charge in [-0.05, 0) is 40.5 Å². The van der Waals surface area contributed by atoms with E-state index in [9.17, 15) is 9.90 Å². The number of hydrogen-bond donors (Lipinski definition) is 3. The quantitative estimate of drug-likeness (QED) is 0.651. The molecule has 1 amide bonds. The molecule has 0 fully saturated rings. The first-order chi connectivity index (χ1) is 8.19. The summed E-state index contributed by atoms with van der Waals surface area (Å²) in [6, 6.07) is -0.242. The molecule has 0 radical (unpaired) electrons. The summed E-state index contributed by atoms with van der Waals surface area (Å²) in [4.78, 5) is 11.9. The average Bonchev–Trinajstić information content (AvgIpc) is 2.29. The van der Waals surface area contributed by atoms with Gasteiger partial charge in [0.1, 0.15) is 0 Å². The van der Waals surface area contributed by atoms with E-state index in [-0.39, 0.29) is 29.5 Å². The maximum absolute atomic E-state index is 11.9. The van der Waals surface area contributed by atoms with Gasteiger partial charge in [0.25, 0.3) is 0 Å². The van der Waals surface area contributed by atoms with Crippen LogP contribution in [0.5, 0.6) is 0 Å². The van der Waals surface area contributed by atoms with Crippen LogP contribution < -0.4 is 10.6 Å². The lowest BCUT2D eigenvalue weighted by atomic mass is 9.83. The van der Waals surface area contributed by atoms with E-state index >= 15 is 0 Å². The second-order valence-electron chi connectivity index (χ2n) is 6.21. The highest BCUT2D eigenvalue weighted by atomic mass is 16.3. The maximum atomic E-state index is 11.9. The lowest BCUT2D eigenvalue weighted by Crippen LogP contribution is -2.51. The molecule has 0 saturated heterocycles. The maximum Gasteiger partial charge on any atom is 0.237 e. The third kappa shape index (κ3) is 5.83. The van der Waals surface area contributed by atoms with Crippen LogP contribution in [0.1, 0.15) is 54.4 Å². The Morgan fingerprint density at radius 3 is 2.06 bits per heavy atom. The molecular formula is C14H30N2O2. The molecule has 1 atom stereocenters. The molecule has 1 unspecified atom stereocenters. The van der Waals surface area contributed by atoms with E-state index in [1.165, 1.54) is 0 Å². The number of carbonyl (C=O) groups is 1. The van der Waals surface area contributed by atoms with Crippen molar-refractivity contribution in [1.29, 1.82) is 0 Å². The molecule has 3 N–H and O–H groups in total. The number of aliphatic hydroxyl groups is 1. The first-order valence-corrected chi connectivity index (χ1v) is 6.86. The minimum absolute atomic E-state index is 0.00143. The number of carbonyl (C=O) groups excluding carboxylic acids is 1. The molecule has 108 valence electrons. The topological polar surface area (TPSA) is 61.4 Å². The molecule has 0 saturated carbocycles. The van der Waals surface area contributed by atoms with E-state index in [1.807, 2.05) is 27.7 Å². The van der Waals surface area contributed by atoms with Crippen LogP contribution in [-0.2, 0) is 4.79 Å². The van der Waals surface area contributed by atoms with Gasteiger partial charge in [-0.25, -0.2) is 0 Å². The summed E-state index contributed by atoms with van der Waals surface area (Å²) in [7, 11) is 0. The first kappa shape index (κ1) is 17.4. The van der Waals surface area contributed by atoms with Crippen molar-refractivity contribution in [3.05, 3.63) is 0 Å². The second-order valence-corrected chi connectivity index (χ2v) is 6.21. The van der Waals surface area contributed by atoms with Crippen molar-refractivity contribution in [2.45, 2.75) is 66.0 Å². The monoisotopic (exact) mass is 258 g/mol. The number of amides is 1. The summed E-state index contributed by atoms with van der Waals surface area (Å²) >= 11 is 0. The number of aliphatic hydroxyl groups excluding tert-OH is 1. The molecule has 0 aliphatic rings. The Morgan fingerprint density at radius 1 is 1.22 bits per heavy atom. The van der Waals surface area contributed by atoms with Gasteiger partial charge in [-0.2, -0.15) is 0 Å². The Balaban J connectivity index is 4.32. The molecule has 0 aromatic heterocycles. The number of nitrogens with one attached hydrogen (secondary N) is 2. The van der Waals surface area contributed by atoms with Gasteiger partial charge < -0.3 is 15.7 Å². The zero-order valence-electron chi connectivity index (χ0n) is 12.8. The fraction of sp³-hybridized carbons (Fsp3) is 0.929. The Kier molecular flexibility index (Phi) is 6.86. The van der Waals surface area contributed by atoms with Crippen molar-refractivity contribution in [3.63, 3.8) is 0 Å². The lowest BCUT2D eigenvalue weighted by Gasteiger charge is -2.31. The first-order valence-electron chi connectivity index (χ1n) is 6.86. The summed E-state index contributed by atoms with van der Waals surface area (Å²) < 4.78 is 0. The van der Waals surface area contributed by atoms with Gasteiger partial charge in [-0.1, -0.05) is 13.8 Å². The summed E-state index contributed by atoms with van der Waals surface area (Å²) in [5.41, 5.74) is -0.327. The Labute approximate surface area is 112 Å². The number of rotatable bonds is 7. The summed E-state index contributed by atoms with van der Waals surface area (Å²) in [5, 5.41) is 15.6. The van der Waals surface area contributed by atoms with Gasteiger partial charge in [0.15, 0.2) is 0 Å². The van der Waals surface area contributed by atoms with Crippen molar-refractivity contribution < 1.29 is 9.90 Å². The summed E-state index contributed by atoms with van der Waals surface area (Å²) in [6.45, 7) is 12.7. The Bertz CT molecular complexity index is 247. The van der Waals surface area contributed by atoms with Crippen LogP contribution in [0, 0.1) is 5.41 Å². The van der Waals surface area contributed by atoms with E-state index < -0.39 is 0 Å². The zero-order chi connectivity index (χ0) is 14.4. The van der Waals surface area contributed by atoms with Crippen molar-refractivity contribution in [1.82, 2.24) is 10.6 Å². The van der Waals surface area contributed by atoms with Crippen molar-refractivity contribution in [3.8, 4) is 0 Å². The predicted octanol–water partition coefficient (Wildman–Crippen LogP) is 1.68. The van der Waals surface area contributed by atoms with Crippen LogP contribution in [0.3, 0.4) is 0 Å². The smallest absolute Gasteiger partial charge is 0.237 e. The molecule has 18 heavy (non-hydrogen) atoms. The van der Waals surface area contributed by atoms with Crippen molar-refractivity contribution in [2.75, 3.05) is 13.2 Å².